The maximum atomic E-state index is 12.3. The zero-order chi connectivity index (χ0) is 18.4. The van der Waals surface area contributed by atoms with Gasteiger partial charge in [-0.15, -0.1) is 10.2 Å². The van der Waals surface area contributed by atoms with E-state index in [1.807, 2.05) is 24.3 Å². The van der Waals surface area contributed by atoms with E-state index in [2.05, 4.69) is 39.5 Å². The normalized spacial score (nSPS) is 10.4. The molecule has 3 aromatic rings. The molecule has 0 radical (unpaired) electrons. The summed E-state index contributed by atoms with van der Waals surface area (Å²) in [6.07, 6.45) is 0. The lowest BCUT2D eigenvalue weighted by molar-refractivity contribution is 0.102. The summed E-state index contributed by atoms with van der Waals surface area (Å²) in [6.45, 7) is 3.59. The third-order valence-electron chi connectivity index (χ3n) is 3.91. The van der Waals surface area contributed by atoms with Gasteiger partial charge in [0.25, 0.3) is 5.91 Å². The second-order valence-corrected chi connectivity index (χ2v) is 6.17. The lowest BCUT2D eigenvalue weighted by Gasteiger charge is -2.21. The van der Waals surface area contributed by atoms with E-state index in [1.165, 1.54) is 5.56 Å². The number of aromatic nitrogens is 2. The number of anilines is 2. The Kier molecular flexibility index (Phi) is 5.81. The van der Waals surface area contributed by atoms with Crippen LogP contribution in [0.25, 0.3) is 0 Å². The molecule has 6 heteroatoms. The highest BCUT2D eigenvalue weighted by Gasteiger charge is 2.12. The predicted molar refractivity (Wildman–Crippen MR) is 105 cm³/mol. The van der Waals surface area contributed by atoms with Crippen LogP contribution in [0.2, 0.25) is 5.02 Å². The monoisotopic (exact) mass is 366 g/mol. The van der Waals surface area contributed by atoms with E-state index >= 15 is 0 Å². The minimum absolute atomic E-state index is 0.263. The molecule has 0 atom stereocenters. The highest BCUT2D eigenvalue weighted by molar-refractivity contribution is 6.30. The average Bonchev–Trinajstić information content (AvgIpc) is 2.69. The van der Waals surface area contributed by atoms with Gasteiger partial charge in [0.2, 0.25) is 0 Å². The molecule has 0 bridgehead atoms. The number of hydrogen-bond acceptors (Lipinski definition) is 4. The summed E-state index contributed by atoms with van der Waals surface area (Å²) in [6, 6.07) is 20.6. The molecule has 1 aromatic heterocycles. The highest BCUT2D eigenvalue weighted by atomic mass is 35.5. The van der Waals surface area contributed by atoms with Gasteiger partial charge in [-0.3, -0.25) is 4.79 Å². The van der Waals surface area contributed by atoms with Gasteiger partial charge in [0, 0.05) is 23.8 Å². The molecule has 0 saturated carbocycles. The lowest BCUT2D eigenvalue weighted by atomic mass is 10.2. The van der Waals surface area contributed by atoms with Crippen LogP contribution in [0.3, 0.4) is 0 Å². The third-order valence-corrected chi connectivity index (χ3v) is 4.16. The van der Waals surface area contributed by atoms with Crippen molar-refractivity contribution in [2.45, 2.75) is 13.5 Å². The van der Waals surface area contributed by atoms with Crippen LogP contribution in [0, 0.1) is 0 Å². The molecular formula is C20H19ClN4O. The van der Waals surface area contributed by atoms with Crippen LogP contribution in [-0.4, -0.2) is 22.6 Å². The summed E-state index contributed by atoms with van der Waals surface area (Å²) in [5, 5.41) is 11.7. The molecule has 0 spiro atoms. The number of halogens is 1. The fourth-order valence-electron chi connectivity index (χ4n) is 2.50. The van der Waals surface area contributed by atoms with Gasteiger partial charge >= 0.3 is 0 Å². The minimum Gasteiger partial charge on any atom is -0.351 e. The summed E-state index contributed by atoms with van der Waals surface area (Å²) >= 11 is 5.84. The van der Waals surface area contributed by atoms with Crippen molar-refractivity contribution in [2.24, 2.45) is 0 Å². The summed E-state index contributed by atoms with van der Waals surface area (Å²) in [5.41, 5.74) is 2.12. The van der Waals surface area contributed by atoms with Crippen LogP contribution in [0.1, 0.15) is 23.0 Å². The summed E-state index contributed by atoms with van der Waals surface area (Å²) in [5.74, 6) is 0.428. The largest absolute Gasteiger partial charge is 0.351 e. The predicted octanol–water partition coefficient (Wildman–Crippen LogP) is 4.41. The molecule has 0 fully saturated rings. The van der Waals surface area contributed by atoms with Gasteiger partial charge in [0.05, 0.1) is 0 Å². The van der Waals surface area contributed by atoms with Crippen molar-refractivity contribution in [1.29, 1.82) is 0 Å². The van der Waals surface area contributed by atoms with E-state index in [4.69, 9.17) is 11.6 Å². The molecule has 132 valence electrons. The molecule has 5 nitrogen and oxygen atoms in total. The molecular weight excluding hydrogens is 348 g/mol. The molecule has 1 N–H and O–H groups in total. The number of nitrogens with zero attached hydrogens (tertiary/aromatic N) is 3. The molecule has 1 amide bonds. The number of carbonyl (C=O) groups excluding carboxylic acids is 1. The van der Waals surface area contributed by atoms with Crippen LogP contribution in [0.4, 0.5) is 11.5 Å². The fourth-order valence-corrected chi connectivity index (χ4v) is 2.63. The maximum Gasteiger partial charge on any atom is 0.276 e. The SMILES string of the molecule is CCN(Cc1ccccc1)c1ccc(C(=O)Nc2ccc(Cl)cc2)nn1. The Balaban J connectivity index is 1.68. The molecule has 0 aliphatic heterocycles. The first-order valence-electron chi connectivity index (χ1n) is 8.35. The van der Waals surface area contributed by atoms with Gasteiger partial charge in [-0.2, -0.15) is 0 Å². The standard InChI is InChI=1S/C20H19ClN4O/c1-2-25(14-15-6-4-3-5-7-15)19-13-12-18(23-24-19)20(26)22-17-10-8-16(21)9-11-17/h3-13H,2,14H2,1H3,(H,22,26). The number of carbonyl (C=O) groups is 1. The average molecular weight is 367 g/mol. The van der Waals surface area contributed by atoms with Crippen LogP contribution >= 0.6 is 11.6 Å². The van der Waals surface area contributed by atoms with Crippen LogP contribution < -0.4 is 10.2 Å². The molecule has 26 heavy (non-hydrogen) atoms. The Morgan fingerprint density at radius 2 is 1.73 bits per heavy atom. The minimum atomic E-state index is -0.308. The third kappa shape index (κ3) is 4.58. The first kappa shape index (κ1) is 17.9. The summed E-state index contributed by atoms with van der Waals surface area (Å²) < 4.78 is 0. The quantitative estimate of drug-likeness (QED) is 0.702. The van der Waals surface area contributed by atoms with E-state index in [0.717, 1.165) is 18.9 Å². The number of rotatable bonds is 6. The van der Waals surface area contributed by atoms with Gasteiger partial charge in [-0.05, 0) is 48.9 Å². The number of hydrogen-bond donors (Lipinski definition) is 1. The van der Waals surface area contributed by atoms with Gasteiger partial charge in [0.15, 0.2) is 11.5 Å². The number of benzene rings is 2. The van der Waals surface area contributed by atoms with E-state index in [0.29, 0.717) is 10.7 Å². The van der Waals surface area contributed by atoms with Gasteiger partial charge < -0.3 is 10.2 Å². The van der Waals surface area contributed by atoms with E-state index in [9.17, 15) is 4.79 Å². The first-order chi connectivity index (χ1) is 12.7. The summed E-state index contributed by atoms with van der Waals surface area (Å²) in [7, 11) is 0. The second kappa shape index (κ2) is 8.45. The van der Waals surface area contributed by atoms with Crippen molar-refractivity contribution >= 4 is 29.0 Å². The van der Waals surface area contributed by atoms with Crippen LogP contribution in [0.15, 0.2) is 66.7 Å². The highest BCUT2D eigenvalue weighted by Crippen LogP contribution is 2.16. The van der Waals surface area contributed by atoms with Crippen molar-refractivity contribution < 1.29 is 4.79 Å². The molecule has 0 unspecified atom stereocenters. The van der Waals surface area contributed by atoms with Crippen molar-refractivity contribution in [3.8, 4) is 0 Å². The Bertz CT molecular complexity index is 851. The Labute approximate surface area is 157 Å². The number of amides is 1. The lowest BCUT2D eigenvalue weighted by Crippen LogP contribution is -2.24. The van der Waals surface area contributed by atoms with Gasteiger partial charge in [0.1, 0.15) is 0 Å². The van der Waals surface area contributed by atoms with Crippen molar-refractivity contribution in [2.75, 3.05) is 16.8 Å². The molecule has 1 heterocycles. The van der Waals surface area contributed by atoms with E-state index in [-0.39, 0.29) is 11.6 Å². The Hall–Kier alpha value is -2.92. The Morgan fingerprint density at radius 1 is 1.00 bits per heavy atom. The zero-order valence-corrected chi connectivity index (χ0v) is 15.1. The molecule has 0 saturated heterocycles. The molecule has 3 rings (SSSR count). The smallest absolute Gasteiger partial charge is 0.276 e. The number of nitrogens with one attached hydrogen (secondary N) is 1. The van der Waals surface area contributed by atoms with Crippen molar-refractivity contribution in [3.63, 3.8) is 0 Å². The summed E-state index contributed by atoms with van der Waals surface area (Å²) in [4.78, 5) is 14.4. The fraction of sp³-hybridized carbons (Fsp3) is 0.150. The first-order valence-corrected chi connectivity index (χ1v) is 8.73. The van der Waals surface area contributed by atoms with Gasteiger partial charge in [-0.1, -0.05) is 41.9 Å². The zero-order valence-electron chi connectivity index (χ0n) is 14.4. The topological polar surface area (TPSA) is 58.1 Å². The van der Waals surface area contributed by atoms with Crippen LogP contribution in [0.5, 0.6) is 0 Å². The van der Waals surface area contributed by atoms with Crippen molar-refractivity contribution in [1.82, 2.24) is 10.2 Å². The van der Waals surface area contributed by atoms with E-state index < -0.39 is 0 Å². The van der Waals surface area contributed by atoms with Gasteiger partial charge in [-0.25, -0.2) is 0 Å². The van der Waals surface area contributed by atoms with Crippen molar-refractivity contribution in [3.05, 3.63) is 83.0 Å². The molecule has 2 aromatic carbocycles. The van der Waals surface area contributed by atoms with Crippen LogP contribution in [-0.2, 0) is 6.54 Å². The molecule has 0 aliphatic carbocycles. The van der Waals surface area contributed by atoms with E-state index in [1.54, 1.807) is 30.3 Å². The molecule has 0 aliphatic rings. The Morgan fingerprint density at radius 3 is 2.35 bits per heavy atom. The second-order valence-electron chi connectivity index (χ2n) is 5.74. The maximum absolute atomic E-state index is 12.3.